The highest BCUT2D eigenvalue weighted by atomic mass is 35.5. The van der Waals surface area contributed by atoms with E-state index in [2.05, 4.69) is 43.7 Å². The number of amides is 1. The number of carbonyl (C=O) groups is 1. The molecular formula is C42H59ClN4O6S. The van der Waals surface area contributed by atoms with Crippen molar-refractivity contribution in [1.82, 2.24) is 14.5 Å². The number of hydrogen-bond donors (Lipinski definition) is 1. The Morgan fingerprint density at radius 1 is 1.04 bits per heavy atom. The van der Waals surface area contributed by atoms with Gasteiger partial charge in [0.1, 0.15) is 11.4 Å². The average Bonchev–Trinajstić information content (AvgIpc) is 3.29. The zero-order valence-electron chi connectivity index (χ0n) is 32.5. The van der Waals surface area contributed by atoms with Gasteiger partial charge in [0.25, 0.3) is 5.91 Å². The lowest BCUT2D eigenvalue weighted by Crippen LogP contribution is -2.59. The molecule has 2 fully saturated rings. The first-order valence-corrected chi connectivity index (χ1v) is 21.9. The topological polar surface area (TPSA) is 101 Å². The van der Waals surface area contributed by atoms with Crippen LogP contribution >= 0.6 is 11.6 Å². The van der Waals surface area contributed by atoms with Crippen LogP contribution in [0.4, 0.5) is 5.69 Å². The van der Waals surface area contributed by atoms with Gasteiger partial charge < -0.3 is 24.0 Å². The summed E-state index contributed by atoms with van der Waals surface area (Å²) in [6, 6.07) is 11.7. The van der Waals surface area contributed by atoms with Gasteiger partial charge in [-0.2, -0.15) is 0 Å². The standard InChI is InChI=1S/C42H59ClN4O6S/c1-30-8-5-17-42(52-4,28-46-21-19-45(20-22-46)18-7-23-51-3)37-13-10-34(37)26-47-27-41(16-6-9-32-24-35(43)12-14-36(32)41)29-53-39-15-11-33(25-38(39)47)40(48)44-54(49,50)31(30)2/h5,11-12,14-15,17,24-25,30-31,34,37H,6-10,13,16,18-23,26-29H2,1-4H3,(H,44,48)/b17-5+/t30-,31+,34-,37+,41-,42+/m0/s1. The van der Waals surface area contributed by atoms with Crippen molar-refractivity contribution >= 4 is 33.2 Å². The Hall–Kier alpha value is -2.67. The number of anilines is 1. The molecule has 12 heteroatoms. The molecule has 10 nitrogen and oxygen atoms in total. The predicted molar refractivity (Wildman–Crippen MR) is 214 cm³/mol. The first-order chi connectivity index (χ1) is 26.0. The first-order valence-electron chi connectivity index (χ1n) is 20.0. The van der Waals surface area contributed by atoms with Gasteiger partial charge in [-0.25, -0.2) is 13.1 Å². The molecule has 1 saturated carbocycles. The van der Waals surface area contributed by atoms with E-state index in [1.54, 1.807) is 20.1 Å². The highest BCUT2D eigenvalue weighted by Crippen LogP contribution is 2.49. The number of carbonyl (C=O) groups excluding carboxylic acids is 1. The summed E-state index contributed by atoms with van der Waals surface area (Å²) in [4.78, 5) is 21.2. The highest BCUT2D eigenvalue weighted by molar-refractivity contribution is 7.90. The Morgan fingerprint density at radius 2 is 1.83 bits per heavy atom. The zero-order chi connectivity index (χ0) is 38.1. The Morgan fingerprint density at radius 3 is 2.57 bits per heavy atom. The van der Waals surface area contributed by atoms with Gasteiger partial charge in [-0.05, 0) is 111 Å². The minimum absolute atomic E-state index is 0.220. The fraction of sp³-hybridized carbons (Fsp3) is 0.643. The average molecular weight is 783 g/mol. The van der Waals surface area contributed by atoms with Crippen molar-refractivity contribution in [1.29, 1.82) is 0 Å². The maximum Gasteiger partial charge on any atom is 0.264 e. The number of fused-ring (bicyclic) bond motifs is 4. The molecule has 5 aliphatic rings. The van der Waals surface area contributed by atoms with Gasteiger partial charge in [0.2, 0.25) is 10.0 Å². The number of ether oxygens (including phenoxy) is 3. The quantitative estimate of drug-likeness (QED) is 0.271. The van der Waals surface area contributed by atoms with E-state index in [1.807, 2.05) is 32.2 Å². The molecule has 3 heterocycles. The summed E-state index contributed by atoms with van der Waals surface area (Å²) in [5, 5.41) is -0.0317. The molecule has 54 heavy (non-hydrogen) atoms. The second-order valence-electron chi connectivity index (χ2n) is 16.7. The van der Waals surface area contributed by atoms with Crippen molar-refractivity contribution in [2.75, 3.05) is 84.7 Å². The second kappa shape index (κ2) is 16.4. The van der Waals surface area contributed by atoms with E-state index in [9.17, 15) is 13.2 Å². The summed E-state index contributed by atoms with van der Waals surface area (Å²) in [5.74, 6) is 0.475. The molecule has 3 aliphatic heterocycles. The summed E-state index contributed by atoms with van der Waals surface area (Å²) >= 11 is 6.51. The number of nitrogens with one attached hydrogen (secondary N) is 1. The van der Waals surface area contributed by atoms with Crippen molar-refractivity contribution in [3.63, 3.8) is 0 Å². The van der Waals surface area contributed by atoms with E-state index in [0.29, 0.717) is 30.3 Å². The Kier molecular flexibility index (Phi) is 12.0. The van der Waals surface area contributed by atoms with Crippen LogP contribution in [0.2, 0.25) is 5.02 Å². The van der Waals surface area contributed by atoms with Crippen LogP contribution < -0.4 is 14.4 Å². The van der Waals surface area contributed by atoms with Gasteiger partial charge in [-0.3, -0.25) is 9.69 Å². The minimum atomic E-state index is -3.96. The van der Waals surface area contributed by atoms with Crippen LogP contribution in [-0.2, 0) is 31.3 Å². The van der Waals surface area contributed by atoms with Gasteiger partial charge in [0.15, 0.2) is 0 Å². The molecule has 6 atom stereocenters. The highest BCUT2D eigenvalue weighted by Gasteiger charge is 2.50. The first kappa shape index (κ1) is 39.6. The van der Waals surface area contributed by atoms with E-state index in [1.165, 1.54) is 11.1 Å². The molecular weight excluding hydrogens is 724 g/mol. The number of sulfonamides is 1. The van der Waals surface area contributed by atoms with Gasteiger partial charge in [-0.1, -0.05) is 36.7 Å². The maximum atomic E-state index is 13.7. The van der Waals surface area contributed by atoms with Crippen LogP contribution in [0.3, 0.4) is 0 Å². The van der Waals surface area contributed by atoms with E-state index in [-0.39, 0.29) is 17.3 Å². The fourth-order valence-electron chi connectivity index (χ4n) is 9.76. The van der Waals surface area contributed by atoms with Crippen LogP contribution in [0.1, 0.15) is 73.9 Å². The molecule has 1 amide bonds. The predicted octanol–water partition coefficient (Wildman–Crippen LogP) is 5.92. The maximum absolute atomic E-state index is 13.7. The van der Waals surface area contributed by atoms with E-state index in [0.717, 1.165) is 108 Å². The van der Waals surface area contributed by atoms with Crippen molar-refractivity contribution in [3.05, 3.63) is 70.3 Å². The third kappa shape index (κ3) is 8.09. The number of aryl methyl sites for hydroxylation is 1. The smallest absolute Gasteiger partial charge is 0.264 e. The summed E-state index contributed by atoms with van der Waals surface area (Å²) in [5.41, 5.74) is 2.90. The summed E-state index contributed by atoms with van der Waals surface area (Å²) in [7, 11) is -0.344. The molecule has 2 aliphatic carbocycles. The molecule has 296 valence electrons. The lowest BCUT2D eigenvalue weighted by atomic mass is 9.63. The van der Waals surface area contributed by atoms with Crippen LogP contribution in [0.15, 0.2) is 48.6 Å². The SMILES string of the molecule is COCCCN1CCN(C[C@]2(OC)/C=C/C[C@H](C)[C@@H](C)S(=O)(=O)NC(=O)c3ccc4c(c3)N(C[C@@H]3CC[C@H]32)C[C@@]2(CCCc3cc(Cl)ccc32)CO4)CC1. The molecule has 2 aromatic carbocycles. The number of halogens is 1. The number of piperazine rings is 1. The Labute approximate surface area is 327 Å². The fourth-order valence-corrected chi connectivity index (χ4v) is 11.2. The third-order valence-corrected chi connectivity index (χ3v) is 15.5. The summed E-state index contributed by atoms with van der Waals surface area (Å²) in [6.45, 7) is 12.2. The van der Waals surface area contributed by atoms with E-state index in [4.69, 9.17) is 25.8 Å². The minimum Gasteiger partial charge on any atom is -0.490 e. The number of rotatable bonds is 7. The number of methoxy groups -OCH3 is 2. The largest absolute Gasteiger partial charge is 0.490 e. The zero-order valence-corrected chi connectivity index (χ0v) is 34.1. The monoisotopic (exact) mass is 782 g/mol. The number of benzene rings is 2. The molecule has 0 unspecified atom stereocenters. The van der Waals surface area contributed by atoms with Crippen LogP contribution in [0, 0.1) is 17.8 Å². The van der Waals surface area contributed by atoms with Crippen molar-refractivity contribution in [3.8, 4) is 5.75 Å². The lowest BCUT2D eigenvalue weighted by molar-refractivity contribution is -0.0955. The summed E-state index contributed by atoms with van der Waals surface area (Å²) in [6.07, 6.45) is 11.1. The normalized spacial score (nSPS) is 32.4. The Bertz CT molecular complexity index is 1800. The molecule has 2 aromatic rings. The van der Waals surface area contributed by atoms with Crippen molar-refractivity contribution < 1.29 is 27.4 Å². The molecule has 7 rings (SSSR count). The molecule has 1 saturated heterocycles. The van der Waals surface area contributed by atoms with Crippen LogP contribution in [0.25, 0.3) is 0 Å². The molecule has 1 spiro atoms. The van der Waals surface area contributed by atoms with Crippen molar-refractivity contribution in [2.45, 2.75) is 75.1 Å². The van der Waals surface area contributed by atoms with Gasteiger partial charge in [-0.15, -0.1) is 0 Å². The van der Waals surface area contributed by atoms with E-state index >= 15 is 0 Å². The van der Waals surface area contributed by atoms with Gasteiger partial charge in [0.05, 0.1) is 17.5 Å². The molecule has 0 radical (unpaired) electrons. The molecule has 1 N–H and O–H groups in total. The van der Waals surface area contributed by atoms with Crippen molar-refractivity contribution in [2.24, 2.45) is 17.8 Å². The van der Waals surface area contributed by atoms with Gasteiger partial charge in [0, 0.05) is 89.2 Å². The lowest BCUT2D eigenvalue weighted by Gasteiger charge is -2.52. The molecule has 2 bridgehead atoms. The van der Waals surface area contributed by atoms with Crippen LogP contribution in [0.5, 0.6) is 5.75 Å². The summed E-state index contributed by atoms with van der Waals surface area (Å²) < 4.78 is 48.4. The Balaban J connectivity index is 1.25. The third-order valence-electron chi connectivity index (χ3n) is 13.4. The number of hydrogen-bond acceptors (Lipinski definition) is 9. The molecule has 0 aromatic heterocycles. The van der Waals surface area contributed by atoms with Crippen LogP contribution in [-0.4, -0.2) is 115 Å². The number of nitrogens with zero attached hydrogens (tertiary/aromatic N) is 3. The van der Waals surface area contributed by atoms with Gasteiger partial charge >= 0.3 is 0 Å². The van der Waals surface area contributed by atoms with E-state index < -0.39 is 26.8 Å². The second-order valence-corrected chi connectivity index (χ2v) is 19.1. The number of allylic oxidation sites excluding steroid dienone is 1.